The summed E-state index contributed by atoms with van der Waals surface area (Å²) in [5.74, 6) is 1.53. The Morgan fingerprint density at radius 2 is 1.68 bits per heavy atom. The number of aromatic nitrogens is 2. The number of hydrogen-bond acceptors (Lipinski definition) is 3. The average molecular weight is 425 g/mol. The van der Waals surface area contributed by atoms with E-state index in [1.807, 2.05) is 36.4 Å². The summed E-state index contributed by atoms with van der Waals surface area (Å²) in [6, 6.07) is 21.2. The summed E-state index contributed by atoms with van der Waals surface area (Å²) in [4.78, 5) is 4.75. The van der Waals surface area contributed by atoms with Crippen molar-refractivity contribution < 1.29 is 17.9 Å². The van der Waals surface area contributed by atoms with E-state index in [9.17, 15) is 13.2 Å². The Hall–Kier alpha value is -3.32. The lowest BCUT2D eigenvalue weighted by atomic mass is 10.1. The maximum atomic E-state index is 13.0. The summed E-state index contributed by atoms with van der Waals surface area (Å²) >= 11 is 0. The summed E-state index contributed by atoms with van der Waals surface area (Å²) < 4.78 is 46.3. The van der Waals surface area contributed by atoms with Gasteiger partial charge in [0.1, 0.15) is 11.6 Å². The van der Waals surface area contributed by atoms with Gasteiger partial charge in [0, 0.05) is 19.2 Å². The minimum absolute atomic E-state index is 0.307. The lowest BCUT2D eigenvalue weighted by molar-refractivity contribution is -0.137. The van der Waals surface area contributed by atoms with E-state index in [-0.39, 0.29) is 0 Å². The fourth-order valence-electron chi connectivity index (χ4n) is 3.54. The second-order valence-corrected chi connectivity index (χ2v) is 7.26. The SMILES string of the molecule is COc1ccc2c(c1)nc(CNCc1cccc(C(F)(F)F)c1)n2Cc1ccccc1. The van der Waals surface area contributed by atoms with Gasteiger partial charge in [0.25, 0.3) is 0 Å². The van der Waals surface area contributed by atoms with Crippen LogP contribution in [0.2, 0.25) is 0 Å². The minimum Gasteiger partial charge on any atom is -0.497 e. The molecular weight excluding hydrogens is 403 g/mol. The van der Waals surface area contributed by atoms with Gasteiger partial charge in [0.15, 0.2) is 0 Å². The van der Waals surface area contributed by atoms with Crippen LogP contribution in [-0.2, 0) is 25.8 Å². The van der Waals surface area contributed by atoms with Gasteiger partial charge in [0.05, 0.1) is 30.3 Å². The second-order valence-electron chi connectivity index (χ2n) is 7.26. The third-order valence-electron chi connectivity index (χ3n) is 5.08. The summed E-state index contributed by atoms with van der Waals surface area (Å²) in [7, 11) is 1.61. The van der Waals surface area contributed by atoms with Crippen molar-refractivity contribution in [2.75, 3.05) is 7.11 Å². The predicted molar refractivity (Wildman–Crippen MR) is 114 cm³/mol. The first kappa shape index (κ1) is 20.9. The van der Waals surface area contributed by atoms with Gasteiger partial charge in [-0.15, -0.1) is 0 Å². The molecule has 0 fully saturated rings. The molecule has 1 N–H and O–H groups in total. The fourth-order valence-corrected chi connectivity index (χ4v) is 3.54. The highest BCUT2D eigenvalue weighted by atomic mass is 19.4. The number of methoxy groups -OCH3 is 1. The highest BCUT2D eigenvalue weighted by molar-refractivity contribution is 5.78. The van der Waals surface area contributed by atoms with E-state index in [4.69, 9.17) is 9.72 Å². The molecular formula is C24H22F3N3O. The van der Waals surface area contributed by atoms with Crippen molar-refractivity contribution in [1.29, 1.82) is 0 Å². The Bertz CT molecular complexity index is 1170. The average Bonchev–Trinajstić information content (AvgIpc) is 3.10. The highest BCUT2D eigenvalue weighted by Crippen LogP contribution is 2.29. The van der Waals surface area contributed by atoms with Crippen LogP contribution in [-0.4, -0.2) is 16.7 Å². The fraction of sp³-hybridized carbons (Fsp3) is 0.208. The molecule has 0 saturated carbocycles. The van der Waals surface area contributed by atoms with Crippen LogP contribution >= 0.6 is 0 Å². The third kappa shape index (κ3) is 4.88. The molecule has 0 aliphatic rings. The van der Waals surface area contributed by atoms with Gasteiger partial charge < -0.3 is 14.6 Å². The summed E-state index contributed by atoms with van der Waals surface area (Å²) in [6.07, 6.45) is -4.35. The Balaban J connectivity index is 1.57. The molecule has 4 aromatic rings. The molecule has 1 aromatic heterocycles. The van der Waals surface area contributed by atoms with E-state index >= 15 is 0 Å². The molecule has 0 bridgehead atoms. The van der Waals surface area contributed by atoms with E-state index in [0.717, 1.165) is 34.2 Å². The first-order valence-electron chi connectivity index (χ1n) is 9.88. The highest BCUT2D eigenvalue weighted by Gasteiger charge is 2.30. The topological polar surface area (TPSA) is 39.1 Å². The lowest BCUT2D eigenvalue weighted by Gasteiger charge is -2.12. The standard InChI is InChI=1S/C24H22F3N3O/c1-31-20-10-11-22-21(13-20)29-23(30(22)16-17-6-3-2-4-7-17)15-28-14-18-8-5-9-19(12-18)24(25,26)27/h2-13,28H,14-16H2,1H3. The molecule has 4 nitrogen and oxygen atoms in total. The molecule has 0 aliphatic heterocycles. The van der Waals surface area contributed by atoms with Crippen molar-refractivity contribution in [1.82, 2.24) is 14.9 Å². The molecule has 0 amide bonds. The van der Waals surface area contributed by atoms with Crippen LogP contribution in [0.1, 0.15) is 22.5 Å². The van der Waals surface area contributed by atoms with Crippen LogP contribution in [0.4, 0.5) is 13.2 Å². The van der Waals surface area contributed by atoms with Gasteiger partial charge in [-0.25, -0.2) is 4.98 Å². The van der Waals surface area contributed by atoms with Crippen LogP contribution < -0.4 is 10.1 Å². The van der Waals surface area contributed by atoms with Gasteiger partial charge in [0.2, 0.25) is 0 Å². The van der Waals surface area contributed by atoms with Crippen molar-refractivity contribution >= 4 is 11.0 Å². The number of alkyl halides is 3. The Morgan fingerprint density at radius 1 is 0.903 bits per heavy atom. The summed E-state index contributed by atoms with van der Waals surface area (Å²) in [5.41, 5.74) is 2.85. The monoisotopic (exact) mass is 425 g/mol. The quantitative estimate of drug-likeness (QED) is 0.431. The van der Waals surface area contributed by atoms with Crippen LogP contribution in [0, 0.1) is 0 Å². The number of ether oxygens (including phenoxy) is 1. The van der Waals surface area contributed by atoms with Crippen molar-refractivity contribution in [2.24, 2.45) is 0 Å². The van der Waals surface area contributed by atoms with Crippen LogP contribution in [0.3, 0.4) is 0 Å². The molecule has 0 radical (unpaired) electrons. The molecule has 160 valence electrons. The normalized spacial score (nSPS) is 11.7. The first-order valence-corrected chi connectivity index (χ1v) is 9.88. The number of benzene rings is 3. The molecule has 0 aliphatic carbocycles. The van der Waals surface area contributed by atoms with E-state index in [2.05, 4.69) is 22.0 Å². The smallest absolute Gasteiger partial charge is 0.416 e. The third-order valence-corrected chi connectivity index (χ3v) is 5.08. The molecule has 7 heteroatoms. The van der Waals surface area contributed by atoms with Gasteiger partial charge in [-0.05, 0) is 29.3 Å². The van der Waals surface area contributed by atoms with E-state index in [1.165, 1.54) is 12.1 Å². The molecule has 31 heavy (non-hydrogen) atoms. The number of hydrogen-bond donors (Lipinski definition) is 1. The van der Waals surface area contributed by atoms with Crippen molar-refractivity contribution in [3.63, 3.8) is 0 Å². The Labute approximate surface area is 178 Å². The van der Waals surface area contributed by atoms with Crippen molar-refractivity contribution in [3.05, 3.63) is 95.3 Å². The van der Waals surface area contributed by atoms with Gasteiger partial charge >= 0.3 is 6.18 Å². The number of rotatable bonds is 7. The predicted octanol–water partition coefficient (Wildman–Crippen LogP) is 5.40. The minimum atomic E-state index is -4.35. The maximum absolute atomic E-state index is 13.0. The van der Waals surface area contributed by atoms with E-state index < -0.39 is 11.7 Å². The van der Waals surface area contributed by atoms with Crippen molar-refractivity contribution in [2.45, 2.75) is 25.8 Å². The number of nitrogens with one attached hydrogen (secondary N) is 1. The molecule has 0 saturated heterocycles. The first-order chi connectivity index (χ1) is 14.9. The molecule has 0 unspecified atom stereocenters. The number of halogens is 3. The summed E-state index contributed by atoms with van der Waals surface area (Å²) in [5, 5.41) is 3.23. The van der Waals surface area contributed by atoms with Crippen LogP contribution in [0.15, 0.2) is 72.8 Å². The van der Waals surface area contributed by atoms with Crippen molar-refractivity contribution in [3.8, 4) is 5.75 Å². The molecule has 3 aromatic carbocycles. The number of imidazole rings is 1. The Kier molecular flexibility index (Phi) is 5.95. The van der Waals surface area contributed by atoms with E-state index in [1.54, 1.807) is 13.2 Å². The van der Waals surface area contributed by atoms with E-state index in [0.29, 0.717) is 25.2 Å². The molecule has 1 heterocycles. The van der Waals surface area contributed by atoms with Gasteiger partial charge in [-0.2, -0.15) is 13.2 Å². The van der Waals surface area contributed by atoms with Crippen LogP contribution in [0.25, 0.3) is 11.0 Å². The van der Waals surface area contributed by atoms with Gasteiger partial charge in [-0.3, -0.25) is 0 Å². The zero-order valence-corrected chi connectivity index (χ0v) is 17.0. The molecule has 4 rings (SSSR count). The maximum Gasteiger partial charge on any atom is 0.416 e. The lowest BCUT2D eigenvalue weighted by Crippen LogP contribution is -2.17. The zero-order chi connectivity index (χ0) is 21.8. The molecule has 0 atom stereocenters. The van der Waals surface area contributed by atoms with Crippen LogP contribution in [0.5, 0.6) is 5.75 Å². The summed E-state index contributed by atoms with van der Waals surface area (Å²) in [6.45, 7) is 1.37. The van der Waals surface area contributed by atoms with Gasteiger partial charge in [-0.1, -0.05) is 48.5 Å². The number of fused-ring (bicyclic) bond motifs is 1. The largest absolute Gasteiger partial charge is 0.497 e. The zero-order valence-electron chi connectivity index (χ0n) is 17.0. The second kappa shape index (κ2) is 8.81. The Morgan fingerprint density at radius 3 is 2.42 bits per heavy atom. The number of nitrogens with zero attached hydrogens (tertiary/aromatic N) is 2. The molecule has 0 spiro atoms.